The van der Waals surface area contributed by atoms with Gasteiger partial charge in [-0.15, -0.1) is 0 Å². The Bertz CT molecular complexity index is 671. The molecule has 1 aromatic carbocycles. The molecule has 1 saturated heterocycles. The summed E-state index contributed by atoms with van der Waals surface area (Å²) >= 11 is 0. The summed E-state index contributed by atoms with van der Waals surface area (Å²) < 4.78 is 5.94. The summed E-state index contributed by atoms with van der Waals surface area (Å²) in [5.74, 6) is -0.895. The number of nitrogens with one attached hydrogen (secondary N) is 2. The van der Waals surface area contributed by atoms with E-state index in [1.807, 2.05) is 44.2 Å². The summed E-state index contributed by atoms with van der Waals surface area (Å²) in [5, 5.41) is 2.69. The Kier molecular flexibility index (Phi) is 11.8. The zero-order valence-electron chi connectivity index (χ0n) is 17.8. The second-order valence-electron chi connectivity index (χ2n) is 7.54. The minimum atomic E-state index is -0.934. The van der Waals surface area contributed by atoms with Crippen LogP contribution in [0.3, 0.4) is 0 Å². The number of nitrogens with zero attached hydrogens (tertiary/aromatic N) is 1. The third kappa shape index (κ3) is 7.54. The maximum atomic E-state index is 12.8. The first kappa shape index (κ1) is 26.4. The molecule has 1 aliphatic heterocycles. The molecule has 0 aliphatic carbocycles. The first-order valence-electron chi connectivity index (χ1n) is 9.80. The SMILES string of the molecule is CCC(C=O)NC(=O)C1CC(OCc2ccccc2)CN1C(=O)C([NH-])C(C)C.[K+]. The molecule has 2 N–H and O–H groups in total. The minimum Gasteiger partial charge on any atom is -0.667 e. The van der Waals surface area contributed by atoms with Gasteiger partial charge in [0.2, 0.25) is 11.8 Å². The number of carbonyl (C=O) groups is 3. The van der Waals surface area contributed by atoms with Crippen LogP contribution in [0.1, 0.15) is 39.2 Å². The maximum Gasteiger partial charge on any atom is 1.00 e. The Morgan fingerprint density at radius 3 is 2.52 bits per heavy atom. The molecule has 0 bridgehead atoms. The van der Waals surface area contributed by atoms with Crippen molar-refractivity contribution in [3.05, 3.63) is 41.6 Å². The van der Waals surface area contributed by atoms with Gasteiger partial charge in [0.15, 0.2) is 0 Å². The van der Waals surface area contributed by atoms with Crippen molar-refractivity contribution in [2.24, 2.45) is 5.92 Å². The molecule has 1 aromatic rings. The zero-order chi connectivity index (χ0) is 20.7. The average molecular weight is 428 g/mol. The second-order valence-corrected chi connectivity index (χ2v) is 7.54. The number of carbonyl (C=O) groups excluding carboxylic acids is 3. The number of benzene rings is 1. The van der Waals surface area contributed by atoms with E-state index in [1.165, 1.54) is 4.90 Å². The van der Waals surface area contributed by atoms with Crippen LogP contribution in [-0.4, -0.2) is 53.8 Å². The normalized spacial score (nSPS) is 20.7. The van der Waals surface area contributed by atoms with Crippen molar-refractivity contribution >= 4 is 18.1 Å². The largest absolute Gasteiger partial charge is 1.00 e. The number of hydrogen-bond donors (Lipinski definition) is 1. The van der Waals surface area contributed by atoms with E-state index in [9.17, 15) is 14.4 Å². The van der Waals surface area contributed by atoms with Gasteiger partial charge in [0.1, 0.15) is 12.3 Å². The molecule has 4 atom stereocenters. The fourth-order valence-corrected chi connectivity index (χ4v) is 3.17. The van der Waals surface area contributed by atoms with Gasteiger partial charge in [0.25, 0.3) is 0 Å². The van der Waals surface area contributed by atoms with Gasteiger partial charge in [-0.1, -0.05) is 63.1 Å². The Hall–Kier alpha value is -0.614. The van der Waals surface area contributed by atoms with Crippen LogP contribution in [0.25, 0.3) is 5.73 Å². The van der Waals surface area contributed by atoms with E-state index in [4.69, 9.17) is 10.5 Å². The maximum absolute atomic E-state index is 12.8. The first-order chi connectivity index (χ1) is 13.4. The molecule has 1 aliphatic rings. The molecule has 2 rings (SSSR count). The number of likely N-dealkylation sites (tertiary alicyclic amines) is 1. The van der Waals surface area contributed by atoms with Crippen LogP contribution in [-0.2, 0) is 25.7 Å². The third-order valence-corrected chi connectivity index (χ3v) is 5.04. The molecule has 2 amide bonds. The zero-order valence-corrected chi connectivity index (χ0v) is 20.9. The van der Waals surface area contributed by atoms with Crippen molar-refractivity contribution in [1.29, 1.82) is 0 Å². The topological polar surface area (TPSA) is 99.5 Å². The molecule has 0 radical (unpaired) electrons. The molecule has 0 aromatic heterocycles. The quantitative estimate of drug-likeness (QED) is 0.418. The smallest absolute Gasteiger partial charge is 0.667 e. The Morgan fingerprint density at radius 1 is 1.31 bits per heavy atom. The number of ether oxygens (including phenoxy) is 1. The van der Waals surface area contributed by atoms with Crippen molar-refractivity contribution < 1.29 is 70.5 Å². The molecule has 154 valence electrons. The van der Waals surface area contributed by atoms with E-state index in [0.29, 0.717) is 25.7 Å². The van der Waals surface area contributed by atoms with E-state index < -0.39 is 18.1 Å². The van der Waals surface area contributed by atoms with Gasteiger partial charge in [-0.2, -0.15) is 0 Å². The molecule has 29 heavy (non-hydrogen) atoms. The number of amides is 2. The third-order valence-electron chi connectivity index (χ3n) is 5.04. The van der Waals surface area contributed by atoms with Gasteiger partial charge in [-0.25, -0.2) is 0 Å². The molecule has 7 nitrogen and oxygen atoms in total. The summed E-state index contributed by atoms with van der Waals surface area (Å²) in [6.07, 6.45) is 1.24. The Morgan fingerprint density at radius 2 is 1.97 bits per heavy atom. The molecule has 0 saturated carbocycles. The summed E-state index contributed by atoms with van der Waals surface area (Å²) in [4.78, 5) is 38.0. The molecule has 1 heterocycles. The van der Waals surface area contributed by atoms with Gasteiger partial charge in [0.05, 0.1) is 18.8 Å². The summed E-state index contributed by atoms with van der Waals surface area (Å²) in [6, 6.07) is 7.45. The molecule has 4 unspecified atom stereocenters. The standard InChI is InChI=1S/C21H30N3O4.K/c1-4-16(12-25)23-20(26)18-10-17(28-13-15-8-6-5-7-9-15)11-24(18)21(27)19(22)14(2)3;/h5-9,12,14,16-19,22H,4,10-11,13H2,1-3H3,(H,23,26);/q-1;+1. The fourth-order valence-electron chi connectivity index (χ4n) is 3.17. The van der Waals surface area contributed by atoms with Crippen LogP contribution in [0.5, 0.6) is 0 Å². The van der Waals surface area contributed by atoms with Gasteiger partial charge >= 0.3 is 51.4 Å². The second kappa shape index (κ2) is 12.9. The van der Waals surface area contributed by atoms with Crippen LogP contribution in [0.4, 0.5) is 0 Å². The summed E-state index contributed by atoms with van der Waals surface area (Å²) in [6.45, 7) is 6.08. The molecular formula is C21H30KN3O4. The van der Waals surface area contributed by atoms with E-state index in [1.54, 1.807) is 6.92 Å². The molecule has 8 heteroatoms. The Balaban J connectivity index is 0.00000420. The minimum absolute atomic E-state index is 0. The van der Waals surface area contributed by atoms with E-state index in [2.05, 4.69) is 5.32 Å². The van der Waals surface area contributed by atoms with Crippen LogP contribution >= 0.6 is 0 Å². The van der Waals surface area contributed by atoms with E-state index in [0.717, 1.165) is 5.56 Å². The van der Waals surface area contributed by atoms with Crippen molar-refractivity contribution in [2.75, 3.05) is 6.54 Å². The van der Waals surface area contributed by atoms with Crippen molar-refractivity contribution in [2.45, 2.75) is 64.4 Å². The summed E-state index contributed by atoms with van der Waals surface area (Å²) in [5.41, 5.74) is 9.14. The van der Waals surface area contributed by atoms with Crippen LogP contribution < -0.4 is 56.7 Å². The fraction of sp³-hybridized carbons (Fsp3) is 0.571. The van der Waals surface area contributed by atoms with Gasteiger partial charge in [-0.3, -0.25) is 9.59 Å². The predicted octanol–water partition coefficient (Wildman–Crippen LogP) is -0.653. The number of aldehydes is 1. The number of hydrogen-bond acceptors (Lipinski definition) is 4. The Labute approximate surface area is 215 Å². The van der Waals surface area contributed by atoms with Crippen LogP contribution in [0, 0.1) is 5.92 Å². The predicted molar refractivity (Wildman–Crippen MR) is 106 cm³/mol. The van der Waals surface area contributed by atoms with Gasteiger partial charge in [-0.05, 0) is 12.0 Å². The first-order valence-corrected chi connectivity index (χ1v) is 9.80. The van der Waals surface area contributed by atoms with Gasteiger partial charge < -0.3 is 25.5 Å². The summed E-state index contributed by atoms with van der Waals surface area (Å²) in [7, 11) is 0. The van der Waals surface area contributed by atoms with Crippen LogP contribution in [0.2, 0.25) is 0 Å². The van der Waals surface area contributed by atoms with Crippen LogP contribution in [0.15, 0.2) is 30.3 Å². The van der Waals surface area contributed by atoms with Gasteiger partial charge in [0, 0.05) is 13.0 Å². The van der Waals surface area contributed by atoms with Crippen molar-refractivity contribution in [3.63, 3.8) is 0 Å². The molecule has 1 fully saturated rings. The van der Waals surface area contributed by atoms with Crippen molar-refractivity contribution in [1.82, 2.24) is 10.2 Å². The monoisotopic (exact) mass is 427 g/mol. The number of rotatable bonds is 9. The molecule has 0 spiro atoms. The van der Waals surface area contributed by atoms with Crippen molar-refractivity contribution in [3.8, 4) is 0 Å². The van der Waals surface area contributed by atoms with E-state index in [-0.39, 0.29) is 81.8 Å². The molecular weight excluding hydrogens is 397 g/mol. The van der Waals surface area contributed by atoms with E-state index >= 15 is 0 Å². The average Bonchev–Trinajstić information content (AvgIpc) is 3.14.